The van der Waals surface area contributed by atoms with Crippen LogP contribution in [0.15, 0.2) is 67.1 Å². The van der Waals surface area contributed by atoms with Gasteiger partial charge in [0.2, 0.25) is 0 Å². The molecule has 0 saturated heterocycles. The first-order valence-electron chi connectivity index (χ1n) is 12.4. The molecule has 1 N–H and O–H groups in total. The molecule has 3 aromatic heterocycles. The van der Waals surface area contributed by atoms with Crippen LogP contribution in [0.5, 0.6) is 0 Å². The largest absolute Gasteiger partial charge is 0.349 e. The van der Waals surface area contributed by atoms with E-state index in [-0.39, 0.29) is 5.91 Å². The number of carbonyl (C=O) groups is 1. The van der Waals surface area contributed by atoms with Gasteiger partial charge in [-0.15, -0.1) is 0 Å². The Bertz CT molecular complexity index is 1720. The molecule has 0 atom stereocenters. The van der Waals surface area contributed by atoms with Crippen LogP contribution in [0.1, 0.15) is 42.6 Å². The molecule has 1 saturated carbocycles. The Balaban J connectivity index is 1.44. The summed E-state index contributed by atoms with van der Waals surface area (Å²) in [6.07, 6.45) is 7.35. The quantitative estimate of drug-likeness (QED) is 0.352. The van der Waals surface area contributed by atoms with Gasteiger partial charge >= 0.3 is 0 Å². The number of benzene rings is 2. The van der Waals surface area contributed by atoms with Gasteiger partial charge in [0.15, 0.2) is 0 Å². The molecule has 3 heterocycles. The molecule has 1 aliphatic rings. The van der Waals surface area contributed by atoms with Crippen molar-refractivity contribution in [2.24, 2.45) is 7.05 Å². The van der Waals surface area contributed by atoms with Crippen molar-refractivity contribution < 1.29 is 4.79 Å². The van der Waals surface area contributed by atoms with Crippen molar-refractivity contribution in [2.75, 3.05) is 0 Å². The van der Waals surface area contributed by atoms with Gasteiger partial charge in [-0.05, 0) is 56.0 Å². The summed E-state index contributed by atoms with van der Waals surface area (Å²) >= 11 is 0. The highest BCUT2D eigenvalue weighted by Gasteiger charge is 2.24. The number of hydrogen-bond acceptors (Lipinski definition) is 5. The van der Waals surface area contributed by atoms with Crippen molar-refractivity contribution >= 4 is 27.7 Å². The van der Waals surface area contributed by atoms with Crippen LogP contribution >= 0.6 is 0 Å². The summed E-state index contributed by atoms with van der Waals surface area (Å²) < 4.78 is 1.85. The topological polar surface area (TPSA) is 96.5 Å². The number of fused-ring (bicyclic) bond motifs is 3. The zero-order valence-electron chi connectivity index (χ0n) is 21.0. The predicted octanol–water partition coefficient (Wildman–Crippen LogP) is 5.54. The smallest absolute Gasteiger partial charge is 0.253 e. The lowest BCUT2D eigenvalue weighted by Gasteiger charge is -2.16. The Morgan fingerprint density at radius 3 is 2.49 bits per heavy atom. The van der Waals surface area contributed by atoms with E-state index in [0.717, 1.165) is 62.6 Å². The van der Waals surface area contributed by atoms with E-state index in [1.807, 2.05) is 74.2 Å². The lowest BCUT2D eigenvalue weighted by Crippen LogP contribution is -2.25. The zero-order valence-corrected chi connectivity index (χ0v) is 21.0. The summed E-state index contributed by atoms with van der Waals surface area (Å²) in [4.78, 5) is 21.9. The van der Waals surface area contributed by atoms with Gasteiger partial charge in [-0.25, -0.2) is 4.98 Å². The highest BCUT2D eigenvalue weighted by atomic mass is 16.1. The fourth-order valence-corrected chi connectivity index (χ4v) is 4.65. The zero-order chi connectivity index (χ0) is 25.7. The maximum Gasteiger partial charge on any atom is 0.253 e. The van der Waals surface area contributed by atoms with Crippen LogP contribution in [0.2, 0.25) is 0 Å². The van der Waals surface area contributed by atoms with Gasteiger partial charge < -0.3 is 5.32 Å². The summed E-state index contributed by atoms with van der Waals surface area (Å²) in [6, 6.07) is 18.7. The molecule has 6 rings (SSSR count). The van der Waals surface area contributed by atoms with Gasteiger partial charge in [-0.3, -0.25) is 14.5 Å². The van der Waals surface area contributed by atoms with Crippen LogP contribution in [0.3, 0.4) is 0 Å². The van der Waals surface area contributed by atoms with Gasteiger partial charge in [-0.2, -0.15) is 10.4 Å². The summed E-state index contributed by atoms with van der Waals surface area (Å²) in [5, 5.41) is 19.0. The van der Waals surface area contributed by atoms with Crippen molar-refractivity contribution in [3.63, 3.8) is 0 Å². The molecule has 5 aromatic rings. The van der Waals surface area contributed by atoms with E-state index < -0.39 is 5.41 Å². The molecule has 1 aliphatic carbocycles. The number of carbonyl (C=O) groups excluding carboxylic acids is 1. The summed E-state index contributed by atoms with van der Waals surface area (Å²) in [5.41, 5.74) is 6.42. The standard InChI is InChI=1S/C30H26N6O/c1-30(2,17-31)22-7-4-18(5-8-22)27-28-25(16-33-36(28)3)24-13-19(6-11-26(24)35-27)20-12-21(15-32-14-20)29(37)34-23-9-10-23/h4-8,11-16,23H,9-10H2,1-3H3,(H,34,37). The van der Waals surface area contributed by atoms with E-state index in [9.17, 15) is 10.1 Å². The molecule has 0 unspecified atom stereocenters. The van der Waals surface area contributed by atoms with E-state index in [4.69, 9.17) is 4.98 Å². The SMILES string of the molecule is Cn1ncc2c3cc(-c4cncc(C(=O)NC5CC5)c4)ccc3nc(-c3ccc(C(C)(C)C#N)cc3)c21. The molecule has 182 valence electrons. The Hall–Kier alpha value is -4.57. The number of hydrogen-bond donors (Lipinski definition) is 1. The van der Waals surface area contributed by atoms with E-state index in [2.05, 4.69) is 27.5 Å². The first kappa shape index (κ1) is 22.9. The normalized spacial score (nSPS) is 13.6. The van der Waals surface area contributed by atoms with Crippen molar-refractivity contribution in [1.82, 2.24) is 25.1 Å². The molecule has 2 aromatic carbocycles. The Morgan fingerprint density at radius 2 is 1.76 bits per heavy atom. The van der Waals surface area contributed by atoms with E-state index in [1.165, 1.54) is 0 Å². The average molecular weight is 487 g/mol. The summed E-state index contributed by atoms with van der Waals surface area (Å²) in [7, 11) is 1.92. The molecule has 37 heavy (non-hydrogen) atoms. The van der Waals surface area contributed by atoms with Crippen molar-refractivity contribution in [2.45, 2.75) is 38.1 Å². The number of nitrogens with zero attached hydrogens (tertiary/aromatic N) is 5. The maximum absolute atomic E-state index is 12.5. The highest BCUT2D eigenvalue weighted by Crippen LogP contribution is 2.35. The molecule has 1 amide bonds. The van der Waals surface area contributed by atoms with Crippen molar-refractivity contribution in [1.29, 1.82) is 5.26 Å². The molecule has 7 heteroatoms. The molecule has 1 fully saturated rings. The molecule has 7 nitrogen and oxygen atoms in total. The summed E-state index contributed by atoms with van der Waals surface area (Å²) in [6.45, 7) is 3.83. The van der Waals surface area contributed by atoms with Crippen LogP contribution in [0.4, 0.5) is 0 Å². The minimum Gasteiger partial charge on any atom is -0.349 e. The third-order valence-corrected chi connectivity index (χ3v) is 7.09. The van der Waals surface area contributed by atoms with Crippen LogP contribution < -0.4 is 5.32 Å². The number of aromatic nitrogens is 4. The molecular weight excluding hydrogens is 460 g/mol. The lowest BCUT2D eigenvalue weighted by molar-refractivity contribution is 0.0950. The molecule has 0 bridgehead atoms. The molecule has 0 spiro atoms. The van der Waals surface area contributed by atoms with Gasteiger partial charge in [0.25, 0.3) is 5.91 Å². The minimum absolute atomic E-state index is 0.0808. The minimum atomic E-state index is -0.557. The molecule has 0 radical (unpaired) electrons. The Kier molecular flexibility index (Phi) is 5.27. The van der Waals surface area contributed by atoms with E-state index in [1.54, 1.807) is 12.4 Å². The van der Waals surface area contributed by atoms with Gasteiger partial charge in [0.1, 0.15) is 0 Å². The average Bonchev–Trinajstić information content (AvgIpc) is 3.66. The van der Waals surface area contributed by atoms with Gasteiger partial charge in [-0.1, -0.05) is 30.3 Å². The molecular formula is C30H26N6O. The first-order chi connectivity index (χ1) is 17.8. The second-order valence-corrected chi connectivity index (χ2v) is 10.2. The van der Waals surface area contributed by atoms with Gasteiger partial charge in [0, 0.05) is 47.4 Å². The number of aryl methyl sites for hydroxylation is 1. The van der Waals surface area contributed by atoms with E-state index >= 15 is 0 Å². The second-order valence-electron chi connectivity index (χ2n) is 10.2. The number of nitrogens with one attached hydrogen (secondary N) is 1. The predicted molar refractivity (Wildman–Crippen MR) is 144 cm³/mol. The third kappa shape index (κ3) is 4.11. The number of nitriles is 1. The maximum atomic E-state index is 12.5. The number of pyridine rings is 2. The fraction of sp³-hybridized carbons (Fsp3) is 0.233. The first-order valence-corrected chi connectivity index (χ1v) is 12.4. The van der Waals surface area contributed by atoms with E-state index in [0.29, 0.717) is 11.6 Å². The van der Waals surface area contributed by atoms with Gasteiger partial charge in [0.05, 0.1) is 40.0 Å². The Morgan fingerprint density at radius 1 is 1.00 bits per heavy atom. The number of rotatable bonds is 5. The summed E-state index contributed by atoms with van der Waals surface area (Å²) in [5.74, 6) is -0.0808. The third-order valence-electron chi connectivity index (χ3n) is 7.09. The van der Waals surface area contributed by atoms with Crippen LogP contribution in [-0.2, 0) is 12.5 Å². The lowest BCUT2D eigenvalue weighted by atomic mass is 9.86. The highest BCUT2D eigenvalue weighted by molar-refractivity contribution is 6.10. The van der Waals surface area contributed by atoms with Crippen LogP contribution in [0.25, 0.3) is 44.2 Å². The fourth-order valence-electron chi connectivity index (χ4n) is 4.65. The molecule has 0 aliphatic heterocycles. The number of amides is 1. The van der Waals surface area contributed by atoms with Crippen molar-refractivity contribution in [3.8, 4) is 28.5 Å². The van der Waals surface area contributed by atoms with Crippen molar-refractivity contribution in [3.05, 3.63) is 78.2 Å². The van der Waals surface area contributed by atoms with Crippen LogP contribution in [0, 0.1) is 11.3 Å². The second kappa shape index (κ2) is 8.52. The van der Waals surface area contributed by atoms with Crippen LogP contribution in [-0.4, -0.2) is 31.7 Å². The monoisotopic (exact) mass is 486 g/mol. The Labute approximate surface area is 214 Å².